The molecule has 0 aromatic heterocycles. The standard InChI is InChI=1S/C59H82O19/c1-25-13-31-7-9-35-26(2)14-33(64-35)11-12-57-23-44-53(77-57)54-55(71-44)56(78-57)52-36(68-54)10-8-32(66-52)15-47(63)72-51-30(6)50-41(67-40(51)17-37(65-31)29(25)5)18-39-43(70-50)22-59(73-39)24-45-49(76-59)28(4)21-58(75-45)20-27(3)48-42(74-58)16-34(60)38(69-48)19-46(61)62/h25,27-28,30-45,48-56,60H,2,5,7-24H2,1,3-4,6H3,(H,61,62)/t25-,27+,28+,30+,31+,32?,33?,34-,35+,36?,37?,38-,39-,40+,41+,42?,43-,44-,45?,48?,49?,50+,51?,52+,53-,54?,55?,56?,57+,58-,59+/m1/s1. The number of carboxylic acid groups (broad SMARTS) is 1. The summed E-state index contributed by atoms with van der Waals surface area (Å²) < 4.78 is 103. The molecule has 19 nitrogen and oxygen atoms in total. The minimum absolute atomic E-state index is 0.00942. The van der Waals surface area contributed by atoms with Gasteiger partial charge in [0.1, 0.15) is 36.6 Å². The van der Waals surface area contributed by atoms with E-state index in [0.29, 0.717) is 64.2 Å². The summed E-state index contributed by atoms with van der Waals surface area (Å²) in [6, 6.07) is 0. The number of carbonyl (C=O) groups is 2. The van der Waals surface area contributed by atoms with Gasteiger partial charge in [-0.2, -0.15) is 0 Å². The number of carboxylic acids is 1. The maximum atomic E-state index is 14.6. The lowest BCUT2D eigenvalue weighted by atomic mass is 9.78. The van der Waals surface area contributed by atoms with Gasteiger partial charge in [-0.05, 0) is 73.8 Å². The van der Waals surface area contributed by atoms with E-state index >= 15 is 0 Å². The summed E-state index contributed by atoms with van der Waals surface area (Å²) in [5.74, 6) is -3.99. The number of fused-ring (bicyclic) bond motifs is 10. The van der Waals surface area contributed by atoms with Crippen LogP contribution in [0, 0.1) is 23.7 Å². The molecule has 16 fully saturated rings. The minimum atomic E-state index is -1.00. The number of rotatable bonds is 2. The summed E-state index contributed by atoms with van der Waals surface area (Å²) in [6.07, 6.45) is 1.76. The van der Waals surface area contributed by atoms with Gasteiger partial charge < -0.3 is 81.3 Å². The fraction of sp³-hybridized carbons (Fsp3) is 0.898. The molecular formula is C59H82O19. The molecule has 12 bridgehead atoms. The van der Waals surface area contributed by atoms with Crippen molar-refractivity contribution in [2.24, 2.45) is 23.7 Å². The third-order valence-electron chi connectivity index (χ3n) is 21.6. The molecule has 19 heteroatoms. The van der Waals surface area contributed by atoms with Crippen molar-refractivity contribution in [3.8, 4) is 0 Å². The SMILES string of the molecule is C=C1C2C[C@@H]3O[C@H]4C[C@H]5O[C@@]6(CC7O[C@]8(C[C@H](C)C9O[C@H](CC(=O)O)[C@H](O)CC9O8)C[C@H](C)C7O6)C[C@H]5O[C@H]4[C@H](C)C3OC(=O)CC3CCC4OC5C6O[C@@H]7C[C@](CCC8CC(=C)[C@H](CC[C@@H](C[C@H]1C)O2)O8)(OC6[C@H]4O3)O[C@@H]57. The summed E-state index contributed by atoms with van der Waals surface area (Å²) in [5.41, 5.74) is 2.14. The zero-order valence-electron chi connectivity index (χ0n) is 45.6. The van der Waals surface area contributed by atoms with E-state index < -0.39 is 72.2 Å². The van der Waals surface area contributed by atoms with Crippen molar-refractivity contribution in [3.05, 3.63) is 24.3 Å². The van der Waals surface area contributed by atoms with Crippen LogP contribution < -0.4 is 0 Å². The monoisotopic (exact) mass is 1090 g/mol. The molecule has 16 heterocycles. The van der Waals surface area contributed by atoms with Gasteiger partial charge in [-0.15, -0.1) is 0 Å². The van der Waals surface area contributed by atoms with Crippen LogP contribution in [0.5, 0.6) is 0 Å². The van der Waals surface area contributed by atoms with E-state index in [0.717, 1.165) is 43.3 Å². The Balaban J connectivity index is 0.661. The highest BCUT2D eigenvalue weighted by Crippen LogP contribution is 2.58. The van der Waals surface area contributed by atoms with Crippen molar-refractivity contribution in [3.63, 3.8) is 0 Å². The molecular weight excluding hydrogens is 1010 g/mol. The number of aliphatic hydroxyl groups is 1. The fourth-order valence-corrected chi connectivity index (χ4v) is 18.0. The van der Waals surface area contributed by atoms with Crippen molar-refractivity contribution in [2.45, 2.75) is 307 Å². The number of ether oxygens (including phenoxy) is 15. The Bertz CT molecular complexity index is 2370. The molecule has 31 atom stereocenters. The van der Waals surface area contributed by atoms with Gasteiger partial charge >= 0.3 is 11.9 Å². The molecule has 2 N–H and O–H groups in total. The summed E-state index contributed by atoms with van der Waals surface area (Å²) in [7, 11) is 0. The molecule has 3 spiro atoms. The predicted molar refractivity (Wildman–Crippen MR) is 268 cm³/mol. The molecule has 16 rings (SSSR count). The molecule has 0 aromatic carbocycles. The van der Waals surface area contributed by atoms with E-state index in [1.807, 2.05) is 0 Å². The van der Waals surface area contributed by atoms with Crippen molar-refractivity contribution in [1.29, 1.82) is 0 Å². The Morgan fingerprint density at radius 3 is 2.03 bits per heavy atom. The van der Waals surface area contributed by atoms with Crippen LogP contribution in [0.15, 0.2) is 24.3 Å². The lowest BCUT2D eigenvalue weighted by molar-refractivity contribution is -0.371. The fourth-order valence-electron chi connectivity index (χ4n) is 18.0. The summed E-state index contributed by atoms with van der Waals surface area (Å²) in [4.78, 5) is 26.1. The molecule has 16 saturated heterocycles. The molecule has 78 heavy (non-hydrogen) atoms. The molecule has 0 saturated carbocycles. The molecule has 16 aliphatic heterocycles. The van der Waals surface area contributed by atoms with Crippen LogP contribution in [0.25, 0.3) is 0 Å². The van der Waals surface area contributed by atoms with Crippen LogP contribution in [0.3, 0.4) is 0 Å². The average molecular weight is 1100 g/mol. The zero-order chi connectivity index (χ0) is 53.3. The van der Waals surface area contributed by atoms with Crippen LogP contribution >= 0.6 is 0 Å². The van der Waals surface area contributed by atoms with Crippen molar-refractivity contribution in [2.75, 3.05) is 0 Å². The predicted octanol–water partition coefficient (Wildman–Crippen LogP) is 5.66. The van der Waals surface area contributed by atoms with Crippen LogP contribution in [0.2, 0.25) is 0 Å². The topological polar surface area (TPSA) is 213 Å². The zero-order valence-corrected chi connectivity index (χ0v) is 45.6. The Hall–Kier alpha value is -2.18. The smallest absolute Gasteiger partial charge is 0.308 e. The van der Waals surface area contributed by atoms with E-state index in [2.05, 4.69) is 40.9 Å². The van der Waals surface area contributed by atoms with Crippen LogP contribution in [-0.4, -0.2) is 186 Å². The number of hydrogen-bond acceptors (Lipinski definition) is 18. The first-order valence-electron chi connectivity index (χ1n) is 30.2. The maximum absolute atomic E-state index is 14.6. The first kappa shape index (κ1) is 52.6. The summed E-state index contributed by atoms with van der Waals surface area (Å²) >= 11 is 0. The number of esters is 1. The Morgan fingerprint density at radius 1 is 0.513 bits per heavy atom. The van der Waals surface area contributed by atoms with Gasteiger partial charge in [0.2, 0.25) is 0 Å². The molecule has 12 unspecified atom stereocenters. The van der Waals surface area contributed by atoms with Crippen LogP contribution in [0.1, 0.15) is 143 Å². The molecule has 0 amide bonds. The van der Waals surface area contributed by atoms with Crippen molar-refractivity contribution in [1.82, 2.24) is 0 Å². The van der Waals surface area contributed by atoms with Crippen molar-refractivity contribution < 1.29 is 90.9 Å². The van der Waals surface area contributed by atoms with E-state index in [4.69, 9.17) is 71.1 Å². The largest absolute Gasteiger partial charge is 0.481 e. The van der Waals surface area contributed by atoms with Gasteiger partial charge in [-0.3, -0.25) is 9.59 Å². The third-order valence-corrected chi connectivity index (χ3v) is 21.6. The second-order valence-corrected chi connectivity index (χ2v) is 27.1. The van der Waals surface area contributed by atoms with E-state index in [1.165, 1.54) is 0 Å². The second-order valence-electron chi connectivity index (χ2n) is 27.1. The Kier molecular flexibility index (Phi) is 13.1. The quantitative estimate of drug-likeness (QED) is 0.252. The van der Waals surface area contributed by atoms with E-state index in [-0.39, 0.29) is 147 Å². The van der Waals surface area contributed by atoms with Crippen LogP contribution in [0.4, 0.5) is 0 Å². The first-order chi connectivity index (χ1) is 37.4. The van der Waals surface area contributed by atoms with Gasteiger partial charge in [0, 0.05) is 63.7 Å². The van der Waals surface area contributed by atoms with Gasteiger partial charge in [-0.1, -0.05) is 40.9 Å². The van der Waals surface area contributed by atoms with Crippen LogP contribution in [-0.2, 0) is 80.6 Å². The molecule has 0 radical (unpaired) electrons. The lowest BCUT2D eigenvalue weighted by Gasteiger charge is -2.54. The van der Waals surface area contributed by atoms with Crippen molar-refractivity contribution >= 4 is 11.9 Å². The Morgan fingerprint density at radius 2 is 1.18 bits per heavy atom. The number of aliphatic carboxylic acids is 1. The normalized spacial score (nSPS) is 58.0. The minimum Gasteiger partial charge on any atom is -0.481 e. The Labute approximate surface area is 456 Å². The molecule has 0 aromatic rings. The van der Waals surface area contributed by atoms with E-state index in [1.54, 1.807) is 0 Å². The second kappa shape index (κ2) is 19.4. The first-order valence-corrected chi connectivity index (χ1v) is 30.2. The molecule has 16 aliphatic rings. The third kappa shape index (κ3) is 8.98. The molecule has 0 aliphatic carbocycles. The number of aliphatic hydroxyl groups excluding tert-OH is 1. The summed E-state index contributed by atoms with van der Waals surface area (Å²) in [6.45, 7) is 17.7. The van der Waals surface area contributed by atoms with E-state index in [9.17, 15) is 19.8 Å². The highest BCUT2D eigenvalue weighted by Gasteiger charge is 2.70. The number of carbonyl (C=O) groups excluding carboxylic acids is 1. The number of hydrogen-bond donors (Lipinski definition) is 2. The lowest BCUT2D eigenvalue weighted by Crippen LogP contribution is -2.62. The molecule has 432 valence electrons. The van der Waals surface area contributed by atoms with Gasteiger partial charge in [0.25, 0.3) is 0 Å². The summed E-state index contributed by atoms with van der Waals surface area (Å²) in [5, 5.41) is 20.4. The van der Waals surface area contributed by atoms with Gasteiger partial charge in [0.05, 0.1) is 123 Å². The average Bonchev–Trinajstić information content (AvgIpc) is 4.24. The van der Waals surface area contributed by atoms with Gasteiger partial charge in [0.15, 0.2) is 17.4 Å². The highest BCUT2D eigenvalue weighted by molar-refractivity contribution is 5.70. The maximum Gasteiger partial charge on any atom is 0.308 e. The highest BCUT2D eigenvalue weighted by atomic mass is 16.8. The van der Waals surface area contributed by atoms with Gasteiger partial charge in [-0.25, -0.2) is 0 Å².